The molecule has 1 heterocycles. The van der Waals surface area contributed by atoms with Gasteiger partial charge in [0, 0.05) is 22.2 Å². The topological polar surface area (TPSA) is 32.9 Å². The Kier molecular flexibility index (Phi) is 3.17. The highest BCUT2D eigenvalue weighted by atomic mass is 16.1. The molecule has 1 fully saturated rings. The van der Waals surface area contributed by atoms with Gasteiger partial charge in [0.05, 0.1) is 0 Å². The van der Waals surface area contributed by atoms with Crippen molar-refractivity contribution in [2.75, 3.05) is 0 Å². The number of benzene rings is 1. The molecule has 2 aromatic rings. The molecule has 2 heteroatoms. The second kappa shape index (κ2) is 4.84. The summed E-state index contributed by atoms with van der Waals surface area (Å²) in [6, 6.07) is 4.20. The van der Waals surface area contributed by atoms with E-state index >= 15 is 0 Å². The molecule has 0 unspecified atom stereocenters. The minimum Gasteiger partial charge on any atom is -0.357 e. The molecule has 0 aliphatic heterocycles. The summed E-state index contributed by atoms with van der Waals surface area (Å²) >= 11 is 0. The maximum atomic E-state index is 11.5. The highest BCUT2D eigenvalue weighted by Gasteiger charge is 2.22. The van der Waals surface area contributed by atoms with Gasteiger partial charge in [-0.2, -0.15) is 0 Å². The van der Waals surface area contributed by atoms with Crippen molar-refractivity contribution in [2.24, 2.45) is 0 Å². The average molecular weight is 255 g/mol. The van der Waals surface area contributed by atoms with Crippen molar-refractivity contribution in [3.63, 3.8) is 0 Å². The molecular weight excluding hydrogens is 234 g/mol. The number of carbonyl (C=O) groups excluding carboxylic acids is 1. The summed E-state index contributed by atoms with van der Waals surface area (Å²) in [5.74, 6) is 0.543. The van der Waals surface area contributed by atoms with Crippen molar-refractivity contribution in [3.8, 4) is 0 Å². The SMILES string of the molecule is Cc1ccc2c(C=O)c(C3CCCCC3)[nH]c2c1C. The van der Waals surface area contributed by atoms with Crippen LogP contribution in [0, 0.1) is 13.8 Å². The van der Waals surface area contributed by atoms with E-state index in [-0.39, 0.29) is 0 Å². The molecule has 0 bridgehead atoms. The Morgan fingerprint density at radius 1 is 1.16 bits per heavy atom. The van der Waals surface area contributed by atoms with Crippen molar-refractivity contribution in [1.29, 1.82) is 0 Å². The Morgan fingerprint density at radius 2 is 1.89 bits per heavy atom. The van der Waals surface area contributed by atoms with E-state index in [9.17, 15) is 4.79 Å². The van der Waals surface area contributed by atoms with Gasteiger partial charge in [-0.15, -0.1) is 0 Å². The van der Waals surface area contributed by atoms with Crippen molar-refractivity contribution in [2.45, 2.75) is 51.9 Å². The van der Waals surface area contributed by atoms with Gasteiger partial charge in [0.2, 0.25) is 0 Å². The highest BCUT2D eigenvalue weighted by Crippen LogP contribution is 2.37. The van der Waals surface area contributed by atoms with Crippen LogP contribution in [0.3, 0.4) is 0 Å². The standard InChI is InChI=1S/C17H21NO/c1-11-8-9-14-15(10-19)17(18-16(14)12(11)2)13-6-4-3-5-7-13/h8-10,13,18H,3-7H2,1-2H3. The fraction of sp³-hybridized carbons (Fsp3) is 0.471. The molecule has 1 N–H and O–H groups in total. The lowest BCUT2D eigenvalue weighted by atomic mass is 9.85. The van der Waals surface area contributed by atoms with Gasteiger partial charge in [-0.05, 0) is 43.7 Å². The lowest BCUT2D eigenvalue weighted by Gasteiger charge is -2.21. The van der Waals surface area contributed by atoms with Gasteiger partial charge in [-0.1, -0.05) is 31.4 Å². The van der Waals surface area contributed by atoms with Crippen LogP contribution in [0.2, 0.25) is 0 Å². The Labute approximate surface area is 114 Å². The monoisotopic (exact) mass is 255 g/mol. The molecule has 19 heavy (non-hydrogen) atoms. The molecule has 1 aliphatic carbocycles. The summed E-state index contributed by atoms with van der Waals surface area (Å²) in [6.45, 7) is 4.25. The third-order valence-electron chi connectivity index (χ3n) is 4.71. The third kappa shape index (κ3) is 1.99. The van der Waals surface area contributed by atoms with Crippen LogP contribution < -0.4 is 0 Å². The van der Waals surface area contributed by atoms with Gasteiger partial charge in [0.15, 0.2) is 6.29 Å². The number of carbonyl (C=O) groups is 1. The number of H-pyrrole nitrogens is 1. The molecule has 0 amide bonds. The first-order valence-electron chi connectivity index (χ1n) is 7.29. The largest absolute Gasteiger partial charge is 0.357 e. The quantitative estimate of drug-likeness (QED) is 0.779. The van der Waals surface area contributed by atoms with E-state index in [1.54, 1.807) is 0 Å². The van der Waals surface area contributed by atoms with Crippen LogP contribution in [-0.2, 0) is 0 Å². The molecule has 0 spiro atoms. The van der Waals surface area contributed by atoms with E-state index in [0.29, 0.717) is 5.92 Å². The van der Waals surface area contributed by atoms with Crippen LogP contribution in [0.15, 0.2) is 12.1 Å². The minimum atomic E-state index is 0.543. The van der Waals surface area contributed by atoms with E-state index in [1.165, 1.54) is 48.9 Å². The van der Waals surface area contributed by atoms with E-state index < -0.39 is 0 Å². The summed E-state index contributed by atoms with van der Waals surface area (Å²) in [6.07, 6.45) is 7.38. The smallest absolute Gasteiger partial charge is 0.152 e. The van der Waals surface area contributed by atoms with Gasteiger partial charge in [0.1, 0.15) is 0 Å². The van der Waals surface area contributed by atoms with Crippen LogP contribution in [0.5, 0.6) is 0 Å². The number of nitrogens with one attached hydrogen (secondary N) is 1. The van der Waals surface area contributed by atoms with Gasteiger partial charge < -0.3 is 4.98 Å². The number of aromatic amines is 1. The second-order valence-corrected chi connectivity index (χ2v) is 5.84. The number of hydrogen-bond donors (Lipinski definition) is 1. The van der Waals surface area contributed by atoms with Crippen LogP contribution >= 0.6 is 0 Å². The summed E-state index contributed by atoms with van der Waals surface area (Å²) in [7, 11) is 0. The third-order valence-corrected chi connectivity index (χ3v) is 4.71. The fourth-order valence-electron chi connectivity index (χ4n) is 3.39. The normalized spacial score (nSPS) is 16.9. The lowest BCUT2D eigenvalue weighted by Crippen LogP contribution is -2.06. The molecule has 100 valence electrons. The molecule has 1 aliphatic rings. The highest BCUT2D eigenvalue weighted by molar-refractivity contribution is 6.00. The Balaban J connectivity index is 2.18. The number of fused-ring (bicyclic) bond motifs is 1. The molecule has 1 saturated carbocycles. The predicted octanol–water partition coefficient (Wildman–Crippen LogP) is 4.64. The van der Waals surface area contributed by atoms with Crippen molar-refractivity contribution in [3.05, 3.63) is 34.5 Å². The van der Waals surface area contributed by atoms with E-state index in [2.05, 4.69) is 31.0 Å². The van der Waals surface area contributed by atoms with Gasteiger partial charge in [0.25, 0.3) is 0 Å². The Bertz CT molecular complexity index is 618. The van der Waals surface area contributed by atoms with Gasteiger partial charge >= 0.3 is 0 Å². The minimum absolute atomic E-state index is 0.543. The average Bonchev–Trinajstić information content (AvgIpc) is 2.83. The molecule has 0 radical (unpaired) electrons. The molecular formula is C17H21NO. The van der Waals surface area contributed by atoms with Crippen molar-refractivity contribution < 1.29 is 4.79 Å². The Morgan fingerprint density at radius 3 is 2.58 bits per heavy atom. The molecule has 0 saturated heterocycles. The molecule has 3 rings (SSSR count). The molecule has 1 aromatic carbocycles. The number of aryl methyl sites for hydroxylation is 2. The summed E-state index contributed by atoms with van der Waals surface area (Å²) in [4.78, 5) is 15.1. The second-order valence-electron chi connectivity index (χ2n) is 5.84. The summed E-state index contributed by atoms with van der Waals surface area (Å²) in [5, 5.41) is 1.10. The van der Waals surface area contributed by atoms with Crippen LogP contribution in [0.4, 0.5) is 0 Å². The zero-order valence-corrected chi connectivity index (χ0v) is 11.8. The van der Waals surface area contributed by atoms with Crippen LogP contribution in [0.25, 0.3) is 10.9 Å². The first kappa shape index (κ1) is 12.5. The molecule has 0 atom stereocenters. The zero-order valence-electron chi connectivity index (χ0n) is 11.8. The van der Waals surface area contributed by atoms with Crippen LogP contribution in [0.1, 0.15) is 65.2 Å². The number of rotatable bonds is 2. The van der Waals surface area contributed by atoms with Gasteiger partial charge in [-0.25, -0.2) is 0 Å². The Hall–Kier alpha value is -1.57. The molecule has 1 aromatic heterocycles. The van der Waals surface area contributed by atoms with E-state index in [4.69, 9.17) is 0 Å². The first-order valence-corrected chi connectivity index (χ1v) is 7.29. The maximum absolute atomic E-state index is 11.5. The number of hydrogen-bond acceptors (Lipinski definition) is 1. The van der Waals surface area contributed by atoms with E-state index in [0.717, 1.165) is 22.8 Å². The van der Waals surface area contributed by atoms with Crippen LogP contribution in [-0.4, -0.2) is 11.3 Å². The fourth-order valence-corrected chi connectivity index (χ4v) is 3.39. The van der Waals surface area contributed by atoms with E-state index in [1.807, 2.05) is 0 Å². The van der Waals surface area contributed by atoms with Gasteiger partial charge in [-0.3, -0.25) is 4.79 Å². The summed E-state index contributed by atoms with van der Waals surface area (Å²) in [5.41, 5.74) is 5.77. The number of aldehydes is 1. The maximum Gasteiger partial charge on any atom is 0.152 e. The summed E-state index contributed by atoms with van der Waals surface area (Å²) < 4.78 is 0. The van der Waals surface area contributed by atoms with Crippen molar-refractivity contribution in [1.82, 2.24) is 4.98 Å². The molecule has 2 nitrogen and oxygen atoms in total. The number of aromatic nitrogens is 1. The lowest BCUT2D eigenvalue weighted by molar-refractivity contribution is 0.112. The predicted molar refractivity (Wildman–Crippen MR) is 79.0 cm³/mol. The zero-order chi connectivity index (χ0) is 13.4. The first-order chi connectivity index (χ1) is 9.22. The van der Waals surface area contributed by atoms with Crippen molar-refractivity contribution >= 4 is 17.2 Å².